The van der Waals surface area contributed by atoms with Gasteiger partial charge in [-0.2, -0.15) is 26.3 Å². The quantitative estimate of drug-likeness (QED) is 0.351. The maximum Gasteiger partial charge on any atom is 0.416 e. The van der Waals surface area contributed by atoms with Crippen molar-refractivity contribution in [3.8, 4) is 0 Å². The number of hydrogen-bond acceptors (Lipinski definition) is 3. The minimum atomic E-state index is -5.09. The van der Waals surface area contributed by atoms with E-state index in [0.717, 1.165) is 15.9 Å². The molecule has 44 heavy (non-hydrogen) atoms. The fourth-order valence-corrected chi connectivity index (χ4v) is 6.39. The molecule has 2 fully saturated rings. The Kier molecular flexibility index (Phi) is 8.57. The van der Waals surface area contributed by atoms with Crippen molar-refractivity contribution in [2.24, 2.45) is 0 Å². The molecule has 4 rings (SSSR count). The van der Waals surface area contributed by atoms with Crippen molar-refractivity contribution < 1.29 is 55.3 Å². The normalized spacial score (nSPS) is 23.1. The van der Waals surface area contributed by atoms with Gasteiger partial charge in [0.05, 0.1) is 28.7 Å². The summed E-state index contributed by atoms with van der Waals surface area (Å²) in [5, 5.41) is 19.7. The number of alkyl halides is 6. The van der Waals surface area contributed by atoms with Crippen LogP contribution in [0.15, 0.2) is 36.4 Å². The zero-order chi connectivity index (χ0) is 32.9. The van der Waals surface area contributed by atoms with Crippen molar-refractivity contribution in [1.29, 1.82) is 0 Å². The number of nitrogens with zero attached hydrogens (tertiary/aromatic N) is 3. The third-order valence-electron chi connectivity index (χ3n) is 8.78. The highest BCUT2D eigenvalue weighted by Crippen LogP contribution is 2.49. The van der Waals surface area contributed by atoms with Gasteiger partial charge in [-0.05, 0) is 86.6 Å². The molecule has 2 aliphatic heterocycles. The van der Waals surface area contributed by atoms with E-state index < -0.39 is 76.6 Å². The first-order valence-corrected chi connectivity index (χ1v) is 13.6. The second kappa shape index (κ2) is 11.5. The Bertz CT molecular complexity index is 1430. The number of aliphatic carboxylic acids is 1. The van der Waals surface area contributed by atoms with E-state index in [1.807, 2.05) is 0 Å². The number of carboxylic acid groups (broad SMARTS) is 2. The van der Waals surface area contributed by atoms with Gasteiger partial charge >= 0.3 is 30.4 Å². The van der Waals surface area contributed by atoms with Crippen LogP contribution in [0.5, 0.6) is 0 Å². The lowest BCUT2D eigenvalue weighted by molar-refractivity contribution is -0.144. The molecule has 2 aromatic rings. The Morgan fingerprint density at radius 1 is 0.977 bits per heavy atom. The van der Waals surface area contributed by atoms with Gasteiger partial charge in [-0.15, -0.1) is 0 Å². The predicted molar refractivity (Wildman–Crippen MR) is 141 cm³/mol. The third-order valence-corrected chi connectivity index (χ3v) is 8.78. The molecule has 2 heterocycles. The lowest BCUT2D eigenvalue weighted by atomic mass is 9.78. The van der Waals surface area contributed by atoms with Crippen LogP contribution in [0.25, 0.3) is 0 Å². The molecular formula is C29H30F7N3O5. The topological polar surface area (TPSA) is 101 Å². The number of halogens is 7. The Morgan fingerprint density at radius 2 is 1.57 bits per heavy atom. The van der Waals surface area contributed by atoms with E-state index in [1.165, 1.54) is 31.0 Å². The monoisotopic (exact) mass is 633 g/mol. The summed E-state index contributed by atoms with van der Waals surface area (Å²) < 4.78 is 95.0. The number of likely N-dealkylation sites (tertiary alicyclic amines) is 2. The maximum atomic E-state index is 14.0. The molecule has 2 aliphatic rings. The summed E-state index contributed by atoms with van der Waals surface area (Å²) in [6, 6.07) is 0.559. The van der Waals surface area contributed by atoms with Crippen LogP contribution in [0.4, 0.5) is 40.3 Å². The third kappa shape index (κ3) is 6.13. The molecule has 0 radical (unpaired) electrons. The summed E-state index contributed by atoms with van der Waals surface area (Å²) in [6.45, 7) is 2.72. The van der Waals surface area contributed by atoms with Gasteiger partial charge in [-0.1, -0.05) is 6.07 Å². The van der Waals surface area contributed by atoms with Crippen molar-refractivity contribution in [2.45, 2.75) is 75.5 Å². The molecule has 15 heteroatoms. The molecule has 3 amide bonds. The highest BCUT2D eigenvalue weighted by atomic mass is 19.4. The molecule has 4 atom stereocenters. The molecule has 2 saturated heterocycles. The van der Waals surface area contributed by atoms with Gasteiger partial charge in [-0.25, -0.2) is 18.8 Å². The summed E-state index contributed by atoms with van der Waals surface area (Å²) in [5.41, 5.74) is -3.83. The van der Waals surface area contributed by atoms with Gasteiger partial charge in [-0.3, -0.25) is 4.90 Å². The first-order chi connectivity index (χ1) is 20.3. The summed E-state index contributed by atoms with van der Waals surface area (Å²) in [5.74, 6) is -1.91. The Hall–Kier alpha value is -4.04. The van der Waals surface area contributed by atoms with Crippen LogP contribution >= 0.6 is 0 Å². The number of piperidine rings is 1. The first kappa shape index (κ1) is 32.9. The molecule has 2 aromatic carbocycles. The zero-order valence-electron chi connectivity index (χ0n) is 23.8. The fourth-order valence-electron chi connectivity index (χ4n) is 6.39. The van der Waals surface area contributed by atoms with E-state index >= 15 is 0 Å². The van der Waals surface area contributed by atoms with Crippen LogP contribution in [-0.4, -0.2) is 68.2 Å². The second-order valence-electron chi connectivity index (χ2n) is 11.3. The highest BCUT2D eigenvalue weighted by molar-refractivity contribution is 5.81. The van der Waals surface area contributed by atoms with E-state index in [4.69, 9.17) is 0 Å². The van der Waals surface area contributed by atoms with Crippen LogP contribution in [0, 0.1) is 12.7 Å². The SMILES string of the molecule is Cc1cc(F)ccc1[C@H]1C[C@]2(CC[C@@H](C(=O)O)N2C(=O)O)CCN1C(=O)N(C)[C@H](C)c1cc(C(F)(F)F)cc(C(F)(F)F)c1. The number of rotatable bonds is 4. The number of benzene rings is 2. The van der Waals surface area contributed by atoms with E-state index in [0.29, 0.717) is 23.3 Å². The predicted octanol–water partition coefficient (Wildman–Crippen LogP) is 7.09. The standard InChI is InChI=1S/C29H30F7N3O5/c1-15-10-20(30)4-5-21(15)23-14-27(7-6-22(24(40)41)39(27)26(43)44)8-9-38(23)25(42)37(3)16(2)17-11-18(28(31,32)33)13-19(12-17)29(34,35)36/h4-5,10-13,16,22-23H,6-9,14H2,1-3H3,(H,40,41)(H,43,44)/t16-,22+,23-,27+/m1/s1. The Morgan fingerprint density at radius 3 is 2.07 bits per heavy atom. The molecular weight excluding hydrogens is 603 g/mol. The summed E-state index contributed by atoms with van der Waals surface area (Å²) in [6.07, 6.45) is -11.5. The van der Waals surface area contributed by atoms with E-state index in [-0.39, 0.29) is 38.3 Å². The van der Waals surface area contributed by atoms with Crippen LogP contribution in [-0.2, 0) is 17.1 Å². The minimum absolute atomic E-state index is 0.00431. The number of amides is 3. The first-order valence-electron chi connectivity index (χ1n) is 13.6. The van der Waals surface area contributed by atoms with Gasteiger partial charge in [0, 0.05) is 13.6 Å². The van der Waals surface area contributed by atoms with Crippen LogP contribution in [0.2, 0.25) is 0 Å². The maximum absolute atomic E-state index is 14.0. The second-order valence-corrected chi connectivity index (χ2v) is 11.3. The van der Waals surface area contributed by atoms with Crippen molar-refractivity contribution in [2.75, 3.05) is 13.6 Å². The molecule has 0 unspecified atom stereocenters. The zero-order valence-corrected chi connectivity index (χ0v) is 23.8. The molecule has 0 saturated carbocycles. The fraction of sp³-hybridized carbons (Fsp3) is 0.483. The number of carbonyl (C=O) groups excluding carboxylic acids is 1. The minimum Gasteiger partial charge on any atom is -0.480 e. The molecule has 2 N–H and O–H groups in total. The largest absolute Gasteiger partial charge is 0.480 e. The number of carbonyl (C=O) groups is 3. The smallest absolute Gasteiger partial charge is 0.416 e. The number of urea groups is 1. The van der Waals surface area contributed by atoms with Gasteiger partial charge < -0.3 is 20.0 Å². The average Bonchev–Trinajstić information content (AvgIpc) is 3.29. The number of aryl methyl sites for hydroxylation is 1. The summed E-state index contributed by atoms with van der Waals surface area (Å²) >= 11 is 0. The summed E-state index contributed by atoms with van der Waals surface area (Å²) in [4.78, 5) is 41.3. The van der Waals surface area contributed by atoms with Gasteiger partial charge in [0.1, 0.15) is 11.9 Å². The number of carboxylic acids is 1. The molecule has 0 aliphatic carbocycles. The van der Waals surface area contributed by atoms with Crippen LogP contribution in [0.3, 0.4) is 0 Å². The number of hydrogen-bond donors (Lipinski definition) is 2. The van der Waals surface area contributed by atoms with Gasteiger partial charge in [0.25, 0.3) is 0 Å². The highest BCUT2D eigenvalue weighted by Gasteiger charge is 2.55. The van der Waals surface area contributed by atoms with E-state index in [2.05, 4.69) is 0 Å². The summed E-state index contributed by atoms with van der Waals surface area (Å²) in [7, 11) is 1.22. The Balaban J connectivity index is 1.73. The van der Waals surface area contributed by atoms with Gasteiger partial charge in [0.2, 0.25) is 0 Å². The Labute approximate surface area is 247 Å². The molecule has 0 aromatic heterocycles. The van der Waals surface area contributed by atoms with Crippen molar-refractivity contribution in [3.05, 3.63) is 70.0 Å². The van der Waals surface area contributed by atoms with E-state index in [9.17, 15) is 55.3 Å². The lowest BCUT2D eigenvalue weighted by Gasteiger charge is -2.50. The van der Waals surface area contributed by atoms with E-state index in [1.54, 1.807) is 6.92 Å². The molecule has 8 nitrogen and oxygen atoms in total. The average molecular weight is 634 g/mol. The lowest BCUT2D eigenvalue weighted by Crippen LogP contribution is -2.59. The van der Waals surface area contributed by atoms with Crippen LogP contribution in [0.1, 0.15) is 72.5 Å². The van der Waals surface area contributed by atoms with Crippen molar-refractivity contribution in [1.82, 2.24) is 14.7 Å². The molecule has 240 valence electrons. The van der Waals surface area contributed by atoms with Crippen LogP contribution < -0.4 is 0 Å². The van der Waals surface area contributed by atoms with Crippen molar-refractivity contribution >= 4 is 18.1 Å². The van der Waals surface area contributed by atoms with Crippen molar-refractivity contribution in [3.63, 3.8) is 0 Å². The molecule has 1 spiro atoms. The molecule has 0 bridgehead atoms. The van der Waals surface area contributed by atoms with Gasteiger partial charge in [0.15, 0.2) is 0 Å².